The summed E-state index contributed by atoms with van der Waals surface area (Å²) >= 11 is 0. The van der Waals surface area contributed by atoms with Crippen LogP contribution in [0.4, 0.5) is 4.39 Å². The normalized spacial score (nSPS) is 12.2. The van der Waals surface area contributed by atoms with Gasteiger partial charge in [0.2, 0.25) is 5.91 Å². The molecule has 0 saturated heterocycles. The second kappa shape index (κ2) is 7.11. The van der Waals surface area contributed by atoms with Gasteiger partial charge in [-0.1, -0.05) is 12.1 Å². The van der Waals surface area contributed by atoms with Crippen LogP contribution in [0, 0.1) is 5.82 Å². The van der Waals surface area contributed by atoms with Crippen molar-refractivity contribution in [2.24, 2.45) is 0 Å². The number of halogens is 1. The van der Waals surface area contributed by atoms with Crippen molar-refractivity contribution in [1.82, 2.24) is 10.2 Å². The first-order valence-electron chi connectivity index (χ1n) is 6.35. The van der Waals surface area contributed by atoms with Gasteiger partial charge in [-0.25, -0.2) is 4.39 Å². The van der Waals surface area contributed by atoms with Crippen LogP contribution in [0.3, 0.4) is 0 Å². The molecular formula is C14H21FN2O. The Labute approximate surface area is 108 Å². The largest absolute Gasteiger partial charge is 0.342 e. The number of nitrogens with one attached hydrogen (secondary N) is 1. The number of nitrogens with zero attached hydrogens (tertiary/aromatic N) is 1. The van der Waals surface area contributed by atoms with Crippen LogP contribution in [0.1, 0.15) is 32.4 Å². The molecule has 1 atom stereocenters. The molecule has 0 aromatic heterocycles. The molecule has 0 aliphatic carbocycles. The number of rotatable bonds is 6. The Morgan fingerprint density at radius 1 is 1.28 bits per heavy atom. The summed E-state index contributed by atoms with van der Waals surface area (Å²) in [5, 5.41) is 3.15. The van der Waals surface area contributed by atoms with Gasteiger partial charge < -0.3 is 10.2 Å². The summed E-state index contributed by atoms with van der Waals surface area (Å²) in [5.41, 5.74) is 0.976. The molecule has 0 radical (unpaired) electrons. The molecule has 1 N–H and O–H groups in total. The number of benzene rings is 1. The Morgan fingerprint density at radius 2 is 1.83 bits per heavy atom. The first-order valence-corrected chi connectivity index (χ1v) is 6.35. The Bertz CT molecular complexity index is 374. The predicted molar refractivity (Wildman–Crippen MR) is 70.7 cm³/mol. The molecule has 0 spiro atoms. The van der Waals surface area contributed by atoms with Gasteiger partial charge in [0.05, 0.1) is 6.54 Å². The predicted octanol–water partition coefficient (Wildman–Crippen LogP) is 2.34. The molecule has 1 amide bonds. The highest BCUT2D eigenvalue weighted by atomic mass is 19.1. The van der Waals surface area contributed by atoms with Crippen LogP contribution < -0.4 is 5.32 Å². The highest BCUT2D eigenvalue weighted by Crippen LogP contribution is 2.12. The SMILES string of the molecule is CCN(CC)C(=O)CNC(C)c1ccc(F)cc1. The lowest BCUT2D eigenvalue weighted by Gasteiger charge is -2.21. The molecule has 1 unspecified atom stereocenters. The van der Waals surface area contributed by atoms with Crippen LogP contribution in [-0.4, -0.2) is 30.4 Å². The summed E-state index contributed by atoms with van der Waals surface area (Å²) in [6.45, 7) is 7.64. The van der Waals surface area contributed by atoms with Gasteiger partial charge in [-0.3, -0.25) is 4.79 Å². The van der Waals surface area contributed by atoms with Gasteiger partial charge in [0, 0.05) is 19.1 Å². The third kappa shape index (κ3) is 4.11. The number of carbonyl (C=O) groups is 1. The third-order valence-electron chi connectivity index (χ3n) is 3.05. The number of hydrogen-bond donors (Lipinski definition) is 1. The van der Waals surface area contributed by atoms with Crippen LogP contribution >= 0.6 is 0 Å². The van der Waals surface area contributed by atoms with E-state index in [2.05, 4.69) is 5.32 Å². The van der Waals surface area contributed by atoms with Crippen molar-refractivity contribution in [2.75, 3.05) is 19.6 Å². The molecule has 0 bridgehead atoms. The van der Waals surface area contributed by atoms with Gasteiger partial charge >= 0.3 is 0 Å². The van der Waals surface area contributed by atoms with Crippen LogP contribution in [-0.2, 0) is 4.79 Å². The summed E-state index contributed by atoms with van der Waals surface area (Å²) in [5.74, 6) is -0.154. The van der Waals surface area contributed by atoms with E-state index < -0.39 is 0 Å². The van der Waals surface area contributed by atoms with Crippen molar-refractivity contribution in [3.05, 3.63) is 35.6 Å². The van der Waals surface area contributed by atoms with Crippen LogP contribution in [0.25, 0.3) is 0 Å². The summed E-state index contributed by atoms with van der Waals surface area (Å²) in [6.07, 6.45) is 0. The molecule has 3 nitrogen and oxygen atoms in total. The minimum atomic E-state index is -0.245. The van der Waals surface area contributed by atoms with E-state index in [0.29, 0.717) is 6.54 Å². The zero-order chi connectivity index (χ0) is 13.5. The van der Waals surface area contributed by atoms with Crippen LogP contribution in [0.2, 0.25) is 0 Å². The highest BCUT2D eigenvalue weighted by Gasteiger charge is 2.11. The number of carbonyl (C=O) groups excluding carboxylic acids is 1. The van der Waals surface area contributed by atoms with E-state index in [0.717, 1.165) is 18.7 Å². The zero-order valence-electron chi connectivity index (χ0n) is 11.2. The molecule has 1 aromatic carbocycles. The first-order chi connectivity index (χ1) is 8.58. The Kier molecular flexibility index (Phi) is 5.78. The minimum absolute atomic E-state index is 0.0325. The zero-order valence-corrected chi connectivity index (χ0v) is 11.2. The molecule has 100 valence electrons. The maximum absolute atomic E-state index is 12.8. The third-order valence-corrected chi connectivity index (χ3v) is 3.05. The highest BCUT2D eigenvalue weighted by molar-refractivity contribution is 5.78. The Hall–Kier alpha value is -1.42. The Morgan fingerprint density at radius 3 is 2.33 bits per heavy atom. The van der Waals surface area contributed by atoms with Crippen molar-refractivity contribution in [3.63, 3.8) is 0 Å². The molecule has 1 rings (SSSR count). The molecule has 4 heteroatoms. The van der Waals surface area contributed by atoms with Gasteiger partial charge in [-0.05, 0) is 38.5 Å². The van der Waals surface area contributed by atoms with Gasteiger partial charge in [0.1, 0.15) is 5.82 Å². The molecule has 0 fully saturated rings. The maximum atomic E-state index is 12.8. The molecule has 0 saturated carbocycles. The standard InChI is InChI=1S/C14H21FN2O/c1-4-17(5-2)14(18)10-16-11(3)12-6-8-13(15)9-7-12/h6-9,11,16H,4-5,10H2,1-3H3. The van der Waals surface area contributed by atoms with Gasteiger partial charge in [0.25, 0.3) is 0 Å². The number of likely N-dealkylation sites (N-methyl/N-ethyl adjacent to an activating group) is 1. The molecule has 0 aliphatic rings. The van der Waals surface area contributed by atoms with Crippen LogP contribution in [0.5, 0.6) is 0 Å². The summed E-state index contributed by atoms with van der Waals surface area (Å²) < 4.78 is 12.8. The summed E-state index contributed by atoms with van der Waals surface area (Å²) in [4.78, 5) is 13.6. The van der Waals surface area contributed by atoms with E-state index in [1.807, 2.05) is 20.8 Å². The Balaban J connectivity index is 2.48. The second-order valence-corrected chi connectivity index (χ2v) is 4.22. The van der Waals surface area contributed by atoms with E-state index in [-0.39, 0.29) is 17.8 Å². The van der Waals surface area contributed by atoms with E-state index in [9.17, 15) is 9.18 Å². The quantitative estimate of drug-likeness (QED) is 0.843. The van der Waals surface area contributed by atoms with Crippen molar-refractivity contribution in [1.29, 1.82) is 0 Å². The van der Waals surface area contributed by atoms with Crippen molar-refractivity contribution < 1.29 is 9.18 Å². The fraction of sp³-hybridized carbons (Fsp3) is 0.500. The van der Waals surface area contributed by atoms with E-state index in [1.165, 1.54) is 12.1 Å². The average molecular weight is 252 g/mol. The molecular weight excluding hydrogens is 231 g/mol. The fourth-order valence-electron chi connectivity index (χ4n) is 1.80. The number of hydrogen-bond acceptors (Lipinski definition) is 2. The van der Waals surface area contributed by atoms with Crippen LogP contribution in [0.15, 0.2) is 24.3 Å². The van der Waals surface area contributed by atoms with Gasteiger partial charge in [0.15, 0.2) is 0 Å². The van der Waals surface area contributed by atoms with E-state index in [1.54, 1.807) is 17.0 Å². The molecule has 0 heterocycles. The van der Waals surface area contributed by atoms with Gasteiger partial charge in [-0.15, -0.1) is 0 Å². The molecule has 1 aromatic rings. The second-order valence-electron chi connectivity index (χ2n) is 4.22. The molecule has 0 aliphatic heterocycles. The summed E-state index contributed by atoms with van der Waals surface area (Å²) in [6, 6.07) is 6.36. The lowest BCUT2D eigenvalue weighted by atomic mass is 10.1. The lowest BCUT2D eigenvalue weighted by molar-refractivity contribution is -0.129. The smallest absolute Gasteiger partial charge is 0.236 e. The van der Waals surface area contributed by atoms with E-state index in [4.69, 9.17) is 0 Å². The summed E-state index contributed by atoms with van der Waals surface area (Å²) in [7, 11) is 0. The maximum Gasteiger partial charge on any atom is 0.236 e. The van der Waals surface area contributed by atoms with Crippen molar-refractivity contribution in [2.45, 2.75) is 26.8 Å². The van der Waals surface area contributed by atoms with Crippen molar-refractivity contribution in [3.8, 4) is 0 Å². The average Bonchev–Trinajstić information content (AvgIpc) is 2.38. The fourth-order valence-corrected chi connectivity index (χ4v) is 1.80. The molecule has 18 heavy (non-hydrogen) atoms. The van der Waals surface area contributed by atoms with Gasteiger partial charge in [-0.2, -0.15) is 0 Å². The monoisotopic (exact) mass is 252 g/mol. The van der Waals surface area contributed by atoms with E-state index >= 15 is 0 Å². The number of amides is 1. The minimum Gasteiger partial charge on any atom is -0.342 e. The van der Waals surface area contributed by atoms with Crippen molar-refractivity contribution >= 4 is 5.91 Å². The lowest BCUT2D eigenvalue weighted by Crippen LogP contribution is -2.38. The first kappa shape index (κ1) is 14.6. The topological polar surface area (TPSA) is 32.3 Å².